The maximum absolute atomic E-state index is 13.7. The predicted octanol–water partition coefficient (Wildman–Crippen LogP) is 4.38. The molecule has 1 aromatic heterocycles. The van der Waals surface area contributed by atoms with Gasteiger partial charge in [0.2, 0.25) is 0 Å². The molecule has 0 aliphatic heterocycles. The van der Waals surface area contributed by atoms with E-state index in [-0.39, 0.29) is 11.9 Å². The molecule has 0 saturated heterocycles. The number of anilines is 1. The zero-order valence-corrected chi connectivity index (χ0v) is 11.9. The summed E-state index contributed by atoms with van der Waals surface area (Å²) in [5.74, 6) is -0.216. The minimum atomic E-state index is -0.216. The van der Waals surface area contributed by atoms with Crippen molar-refractivity contribution in [3.63, 3.8) is 0 Å². The molecule has 0 amide bonds. The normalized spacial score (nSPS) is 12.5. The van der Waals surface area contributed by atoms with Gasteiger partial charge < -0.3 is 5.32 Å². The van der Waals surface area contributed by atoms with E-state index in [0.717, 1.165) is 21.1 Å². The average Bonchev–Trinajstić information content (AvgIpc) is 2.63. The Balaban J connectivity index is 2.23. The van der Waals surface area contributed by atoms with Crippen molar-refractivity contribution in [3.8, 4) is 0 Å². The molecule has 1 heterocycles. The second-order valence-electron chi connectivity index (χ2n) is 4.53. The molecule has 1 aromatic carbocycles. The Morgan fingerprint density at radius 3 is 2.61 bits per heavy atom. The molecule has 2 rings (SSSR count). The third-order valence-corrected chi connectivity index (χ3v) is 4.08. The molecular weight excluding hydrogens is 247 g/mol. The molecule has 4 heteroatoms. The lowest BCUT2D eigenvalue weighted by Crippen LogP contribution is -2.07. The molecule has 18 heavy (non-hydrogen) atoms. The van der Waals surface area contributed by atoms with E-state index in [0.29, 0.717) is 5.69 Å². The molecule has 1 unspecified atom stereocenters. The maximum atomic E-state index is 13.7. The van der Waals surface area contributed by atoms with Crippen molar-refractivity contribution in [1.29, 1.82) is 0 Å². The number of nitrogens with one attached hydrogen (secondary N) is 1. The first-order valence-corrected chi connectivity index (χ1v) is 6.75. The lowest BCUT2D eigenvalue weighted by atomic mass is 10.2. The third kappa shape index (κ3) is 2.70. The van der Waals surface area contributed by atoms with Crippen LogP contribution in [0.25, 0.3) is 0 Å². The summed E-state index contributed by atoms with van der Waals surface area (Å²) in [7, 11) is 0. The summed E-state index contributed by atoms with van der Waals surface area (Å²) in [5.41, 5.74) is 2.61. The molecular formula is C14H17FN2S. The summed E-state index contributed by atoms with van der Waals surface area (Å²) in [6.45, 7) is 7.96. The zero-order chi connectivity index (χ0) is 13.3. The number of thiazole rings is 1. The van der Waals surface area contributed by atoms with Crippen molar-refractivity contribution < 1.29 is 4.39 Å². The number of aromatic nitrogens is 1. The molecule has 0 aliphatic rings. The lowest BCUT2D eigenvalue weighted by Gasteiger charge is -2.15. The van der Waals surface area contributed by atoms with Gasteiger partial charge >= 0.3 is 0 Å². The van der Waals surface area contributed by atoms with Gasteiger partial charge in [-0.15, -0.1) is 11.3 Å². The quantitative estimate of drug-likeness (QED) is 0.889. The van der Waals surface area contributed by atoms with E-state index < -0.39 is 0 Å². The average molecular weight is 264 g/mol. The molecule has 1 atom stereocenters. The number of aryl methyl sites for hydroxylation is 3. The minimum absolute atomic E-state index is 0.0625. The highest BCUT2D eigenvalue weighted by atomic mass is 32.1. The largest absolute Gasteiger partial charge is 0.375 e. The van der Waals surface area contributed by atoms with Gasteiger partial charge in [0, 0.05) is 4.88 Å². The summed E-state index contributed by atoms with van der Waals surface area (Å²) in [4.78, 5) is 5.56. The summed E-state index contributed by atoms with van der Waals surface area (Å²) < 4.78 is 13.7. The summed E-state index contributed by atoms with van der Waals surface area (Å²) in [5, 5.41) is 4.26. The summed E-state index contributed by atoms with van der Waals surface area (Å²) in [6.07, 6.45) is 0. The van der Waals surface area contributed by atoms with Crippen LogP contribution in [0.2, 0.25) is 0 Å². The van der Waals surface area contributed by atoms with E-state index in [9.17, 15) is 4.39 Å². The highest BCUT2D eigenvalue weighted by Gasteiger charge is 2.14. The van der Waals surface area contributed by atoms with Gasteiger partial charge in [-0.2, -0.15) is 0 Å². The Hall–Kier alpha value is -1.42. The third-order valence-electron chi connectivity index (χ3n) is 2.83. The van der Waals surface area contributed by atoms with E-state index in [1.54, 1.807) is 17.4 Å². The van der Waals surface area contributed by atoms with Gasteiger partial charge in [0.05, 0.1) is 22.4 Å². The van der Waals surface area contributed by atoms with Crippen molar-refractivity contribution in [2.75, 3.05) is 5.32 Å². The molecule has 0 saturated carbocycles. The van der Waals surface area contributed by atoms with Crippen molar-refractivity contribution in [2.24, 2.45) is 0 Å². The van der Waals surface area contributed by atoms with Crippen LogP contribution in [0, 0.1) is 26.6 Å². The first-order chi connectivity index (χ1) is 8.47. The van der Waals surface area contributed by atoms with E-state index >= 15 is 0 Å². The van der Waals surface area contributed by atoms with Crippen LogP contribution in [0.3, 0.4) is 0 Å². The Morgan fingerprint density at radius 1 is 1.28 bits per heavy atom. The van der Waals surface area contributed by atoms with Gasteiger partial charge in [-0.1, -0.05) is 6.07 Å². The summed E-state index contributed by atoms with van der Waals surface area (Å²) >= 11 is 1.66. The second-order valence-corrected chi connectivity index (χ2v) is 5.77. The Morgan fingerprint density at radius 2 is 2.00 bits per heavy atom. The van der Waals surface area contributed by atoms with Gasteiger partial charge in [0.15, 0.2) is 0 Å². The van der Waals surface area contributed by atoms with Crippen LogP contribution >= 0.6 is 11.3 Å². The van der Waals surface area contributed by atoms with Crippen LogP contribution in [-0.2, 0) is 0 Å². The smallest absolute Gasteiger partial charge is 0.146 e. The van der Waals surface area contributed by atoms with Gasteiger partial charge in [-0.3, -0.25) is 0 Å². The zero-order valence-electron chi connectivity index (χ0n) is 11.0. The fraction of sp³-hybridized carbons (Fsp3) is 0.357. The van der Waals surface area contributed by atoms with Crippen LogP contribution < -0.4 is 5.32 Å². The molecule has 0 aliphatic carbocycles. The topological polar surface area (TPSA) is 24.9 Å². The molecule has 96 valence electrons. The SMILES string of the molecule is Cc1ccc(F)c(NC(C)c2sc(C)nc2C)c1. The van der Waals surface area contributed by atoms with Gasteiger partial charge in [0.25, 0.3) is 0 Å². The number of nitrogens with zero attached hydrogens (tertiary/aromatic N) is 1. The van der Waals surface area contributed by atoms with Crippen LogP contribution in [0.4, 0.5) is 10.1 Å². The fourth-order valence-electron chi connectivity index (χ4n) is 2.00. The van der Waals surface area contributed by atoms with Crippen molar-refractivity contribution in [3.05, 3.63) is 45.2 Å². The van der Waals surface area contributed by atoms with Gasteiger partial charge in [-0.05, 0) is 45.4 Å². The lowest BCUT2D eigenvalue weighted by molar-refractivity contribution is 0.627. The number of hydrogen-bond donors (Lipinski definition) is 1. The van der Waals surface area contributed by atoms with Crippen LogP contribution in [-0.4, -0.2) is 4.98 Å². The number of rotatable bonds is 3. The Kier molecular flexibility index (Phi) is 3.66. The highest BCUT2D eigenvalue weighted by molar-refractivity contribution is 7.11. The first kappa shape index (κ1) is 13.0. The molecule has 2 nitrogen and oxygen atoms in total. The molecule has 0 bridgehead atoms. The summed E-state index contributed by atoms with van der Waals surface area (Å²) in [6, 6.07) is 5.16. The Labute approximate surface area is 111 Å². The van der Waals surface area contributed by atoms with E-state index in [2.05, 4.69) is 10.3 Å². The standard InChI is InChI=1S/C14H17FN2S/c1-8-5-6-12(15)13(7-8)17-10(3)14-9(2)16-11(4)18-14/h5-7,10,17H,1-4H3. The second kappa shape index (κ2) is 5.06. The molecule has 2 aromatic rings. The van der Waals surface area contributed by atoms with E-state index in [1.807, 2.05) is 33.8 Å². The number of halogens is 1. The van der Waals surface area contributed by atoms with Crippen molar-refractivity contribution >= 4 is 17.0 Å². The van der Waals surface area contributed by atoms with Gasteiger partial charge in [-0.25, -0.2) is 9.37 Å². The monoisotopic (exact) mass is 264 g/mol. The van der Waals surface area contributed by atoms with E-state index in [1.165, 1.54) is 6.07 Å². The van der Waals surface area contributed by atoms with Crippen LogP contribution in [0.1, 0.15) is 34.1 Å². The fourth-order valence-corrected chi connectivity index (χ4v) is 2.93. The molecule has 0 spiro atoms. The molecule has 0 radical (unpaired) electrons. The molecule has 0 fully saturated rings. The molecule has 1 N–H and O–H groups in total. The highest BCUT2D eigenvalue weighted by Crippen LogP contribution is 2.28. The maximum Gasteiger partial charge on any atom is 0.146 e. The van der Waals surface area contributed by atoms with Crippen molar-refractivity contribution in [2.45, 2.75) is 33.7 Å². The minimum Gasteiger partial charge on any atom is -0.375 e. The number of benzene rings is 1. The first-order valence-electron chi connectivity index (χ1n) is 5.94. The predicted molar refractivity (Wildman–Crippen MR) is 74.8 cm³/mol. The van der Waals surface area contributed by atoms with Crippen LogP contribution in [0.15, 0.2) is 18.2 Å². The number of hydrogen-bond acceptors (Lipinski definition) is 3. The van der Waals surface area contributed by atoms with Crippen molar-refractivity contribution in [1.82, 2.24) is 4.98 Å². The Bertz CT molecular complexity index is 563. The van der Waals surface area contributed by atoms with E-state index in [4.69, 9.17) is 0 Å². The van der Waals surface area contributed by atoms with Gasteiger partial charge in [0.1, 0.15) is 5.82 Å². The van der Waals surface area contributed by atoms with Crippen LogP contribution in [0.5, 0.6) is 0 Å².